The number of nitrogens with two attached hydrogens (primary N) is 1. The molecule has 1 fully saturated rings. The van der Waals surface area contributed by atoms with Gasteiger partial charge in [-0.1, -0.05) is 27.2 Å². The van der Waals surface area contributed by atoms with Crippen LogP contribution in [0.3, 0.4) is 0 Å². The fraction of sp³-hybridized carbons (Fsp3) is 1.00. The van der Waals surface area contributed by atoms with Gasteiger partial charge in [0.1, 0.15) is 0 Å². The molecule has 0 aromatic rings. The minimum absolute atomic E-state index is 0.461. The number of rotatable bonds is 5. The lowest BCUT2D eigenvalue weighted by Gasteiger charge is -2.32. The third kappa shape index (κ3) is 5.01. The molecule has 0 radical (unpaired) electrons. The van der Waals surface area contributed by atoms with Crippen LogP contribution in [0.25, 0.3) is 0 Å². The Kier molecular flexibility index (Phi) is 5.66. The second-order valence-electron chi connectivity index (χ2n) is 5.91. The maximum atomic E-state index is 6.07. The first-order valence-electron chi connectivity index (χ1n) is 6.87. The third-order valence-electron chi connectivity index (χ3n) is 3.88. The van der Waals surface area contributed by atoms with Gasteiger partial charge in [-0.25, -0.2) is 0 Å². The van der Waals surface area contributed by atoms with Crippen LogP contribution in [0.15, 0.2) is 0 Å². The van der Waals surface area contributed by atoms with Crippen molar-refractivity contribution >= 4 is 0 Å². The van der Waals surface area contributed by atoms with E-state index in [0.717, 1.165) is 17.8 Å². The summed E-state index contributed by atoms with van der Waals surface area (Å²) in [7, 11) is 0. The third-order valence-corrected chi connectivity index (χ3v) is 3.88. The molecule has 0 aliphatic heterocycles. The van der Waals surface area contributed by atoms with Crippen LogP contribution in [-0.4, -0.2) is 6.04 Å². The zero-order valence-corrected chi connectivity index (χ0v) is 10.8. The summed E-state index contributed by atoms with van der Waals surface area (Å²) in [6.45, 7) is 7.05. The molecule has 3 unspecified atom stereocenters. The number of hydrogen-bond acceptors (Lipinski definition) is 1. The van der Waals surface area contributed by atoms with Crippen molar-refractivity contribution in [2.24, 2.45) is 23.5 Å². The van der Waals surface area contributed by atoms with Crippen molar-refractivity contribution in [2.45, 2.75) is 71.8 Å². The Labute approximate surface area is 95.8 Å². The van der Waals surface area contributed by atoms with Crippen LogP contribution in [0, 0.1) is 17.8 Å². The molecule has 1 aliphatic rings. The maximum Gasteiger partial charge on any atom is 0.00388 e. The highest BCUT2D eigenvalue weighted by atomic mass is 14.6. The van der Waals surface area contributed by atoms with Crippen molar-refractivity contribution in [1.82, 2.24) is 0 Å². The Balaban J connectivity index is 2.20. The molecule has 0 amide bonds. The predicted molar refractivity (Wildman–Crippen MR) is 67.8 cm³/mol. The molecular weight excluding hydrogens is 182 g/mol. The minimum atomic E-state index is 0.461. The van der Waals surface area contributed by atoms with Gasteiger partial charge in [0.05, 0.1) is 0 Å². The lowest BCUT2D eigenvalue weighted by Crippen LogP contribution is -2.24. The molecule has 2 N–H and O–H groups in total. The van der Waals surface area contributed by atoms with Crippen molar-refractivity contribution in [2.75, 3.05) is 0 Å². The molecule has 1 aliphatic carbocycles. The fourth-order valence-corrected chi connectivity index (χ4v) is 3.31. The van der Waals surface area contributed by atoms with Crippen LogP contribution in [0.1, 0.15) is 65.7 Å². The maximum absolute atomic E-state index is 6.07. The van der Waals surface area contributed by atoms with Gasteiger partial charge in [0, 0.05) is 6.04 Å². The van der Waals surface area contributed by atoms with E-state index in [1.165, 1.54) is 44.9 Å². The van der Waals surface area contributed by atoms with E-state index < -0.39 is 0 Å². The van der Waals surface area contributed by atoms with Gasteiger partial charge >= 0.3 is 0 Å². The van der Waals surface area contributed by atoms with Crippen molar-refractivity contribution in [3.8, 4) is 0 Å². The minimum Gasteiger partial charge on any atom is -0.328 e. The Morgan fingerprint density at radius 1 is 1.07 bits per heavy atom. The summed E-state index contributed by atoms with van der Waals surface area (Å²) in [6.07, 6.45) is 9.40. The Morgan fingerprint density at radius 3 is 2.20 bits per heavy atom. The van der Waals surface area contributed by atoms with Crippen LogP contribution in [0.4, 0.5) is 0 Å². The molecule has 0 spiro atoms. The molecule has 15 heavy (non-hydrogen) atoms. The van der Waals surface area contributed by atoms with Gasteiger partial charge < -0.3 is 5.73 Å². The Hall–Kier alpha value is -0.0400. The van der Waals surface area contributed by atoms with Gasteiger partial charge in [0.15, 0.2) is 0 Å². The normalized spacial score (nSPS) is 34.0. The quantitative estimate of drug-likeness (QED) is 0.731. The summed E-state index contributed by atoms with van der Waals surface area (Å²) in [5.41, 5.74) is 6.07. The van der Waals surface area contributed by atoms with E-state index >= 15 is 0 Å². The largest absolute Gasteiger partial charge is 0.328 e. The molecule has 3 atom stereocenters. The first-order chi connectivity index (χ1) is 7.11. The van der Waals surface area contributed by atoms with Crippen LogP contribution in [0.5, 0.6) is 0 Å². The molecule has 0 bridgehead atoms. The lowest BCUT2D eigenvalue weighted by molar-refractivity contribution is 0.204. The average Bonchev–Trinajstić information content (AvgIpc) is 2.14. The molecule has 1 heteroatoms. The summed E-state index contributed by atoms with van der Waals surface area (Å²) < 4.78 is 0. The van der Waals surface area contributed by atoms with E-state index in [1.54, 1.807) is 0 Å². The van der Waals surface area contributed by atoms with Gasteiger partial charge in [0.2, 0.25) is 0 Å². The van der Waals surface area contributed by atoms with Crippen LogP contribution in [-0.2, 0) is 0 Å². The summed E-state index contributed by atoms with van der Waals surface area (Å²) in [5, 5.41) is 0. The highest BCUT2D eigenvalue weighted by Gasteiger charge is 2.23. The van der Waals surface area contributed by atoms with E-state index in [2.05, 4.69) is 20.8 Å². The summed E-state index contributed by atoms with van der Waals surface area (Å²) in [4.78, 5) is 0. The number of hydrogen-bond donors (Lipinski definition) is 1. The van der Waals surface area contributed by atoms with Crippen molar-refractivity contribution < 1.29 is 0 Å². The van der Waals surface area contributed by atoms with Crippen molar-refractivity contribution in [3.05, 3.63) is 0 Å². The molecule has 0 saturated heterocycles. The van der Waals surface area contributed by atoms with Crippen molar-refractivity contribution in [1.29, 1.82) is 0 Å². The van der Waals surface area contributed by atoms with E-state index in [0.29, 0.717) is 6.04 Å². The molecule has 1 rings (SSSR count). The molecule has 90 valence electrons. The van der Waals surface area contributed by atoms with E-state index in [-0.39, 0.29) is 0 Å². The predicted octanol–water partition coefficient (Wildman–Crippen LogP) is 3.97. The van der Waals surface area contributed by atoms with Gasteiger partial charge in [-0.05, 0) is 56.3 Å². The second kappa shape index (κ2) is 6.52. The summed E-state index contributed by atoms with van der Waals surface area (Å²) >= 11 is 0. The first kappa shape index (κ1) is 13.0. The van der Waals surface area contributed by atoms with Crippen LogP contribution < -0.4 is 5.73 Å². The van der Waals surface area contributed by atoms with E-state index in [4.69, 9.17) is 5.73 Å². The average molecular weight is 211 g/mol. The highest BCUT2D eigenvalue weighted by molar-refractivity contribution is 4.76. The van der Waals surface area contributed by atoms with E-state index in [1.807, 2.05) is 0 Å². The van der Waals surface area contributed by atoms with Crippen molar-refractivity contribution in [3.63, 3.8) is 0 Å². The molecule has 1 nitrogen and oxygen atoms in total. The van der Waals surface area contributed by atoms with Gasteiger partial charge in [-0.2, -0.15) is 0 Å². The second-order valence-corrected chi connectivity index (χ2v) is 5.91. The summed E-state index contributed by atoms with van der Waals surface area (Å²) in [5.74, 6) is 2.86. The molecular formula is C14H29N. The monoisotopic (exact) mass is 211 g/mol. The SMILES string of the molecule is CCCC(N)CCC1CC(C)CC(C)C1. The molecule has 1 saturated carbocycles. The van der Waals surface area contributed by atoms with Crippen LogP contribution in [0.2, 0.25) is 0 Å². The fourth-order valence-electron chi connectivity index (χ4n) is 3.31. The summed E-state index contributed by atoms with van der Waals surface area (Å²) in [6, 6.07) is 0.461. The zero-order valence-electron chi connectivity index (χ0n) is 10.8. The topological polar surface area (TPSA) is 26.0 Å². The smallest absolute Gasteiger partial charge is 0.00388 e. The van der Waals surface area contributed by atoms with Crippen LogP contribution >= 0.6 is 0 Å². The lowest BCUT2D eigenvalue weighted by atomic mass is 9.75. The highest BCUT2D eigenvalue weighted by Crippen LogP contribution is 2.35. The first-order valence-corrected chi connectivity index (χ1v) is 6.87. The van der Waals surface area contributed by atoms with Gasteiger partial charge in [-0.15, -0.1) is 0 Å². The standard InChI is InChI=1S/C14H29N/c1-4-5-14(15)7-6-13-9-11(2)8-12(3)10-13/h11-14H,4-10,15H2,1-3H3. The molecule has 0 aromatic heterocycles. The van der Waals surface area contributed by atoms with Gasteiger partial charge in [0.25, 0.3) is 0 Å². The zero-order chi connectivity index (χ0) is 11.3. The Bertz CT molecular complexity index is 157. The Morgan fingerprint density at radius 2 is 1.67 bits per heavy atom. The van der Waals surface area contributed by atoms with E-state index in [9.17, 15) is 0 Å². The molecule has 0 aromatic carbocycles. The molecule has 0 heterocycles. The van der Waals surface area contributed by atoms with Gasteiger partial charge in [-0.3, -0.25) is 0 Å².